The standard InChI is InChI=1S/C15H24FN3O3S/c1-14(2,3)19(13(21)22)11(15(4,5)23)12(20)18-8-9(16)6-10(18)7-17/h9-11,23H,6,8H2,1-5H3,(H,21,22)/t9-,10-,11+/m0/s1. The van der Waals surface area contributed by atoms with E-state index in [1.165, 1.54) is 0 Å². The van der Waals surface area contributed by atoms with Crippen LogP contribution in [0.25, 0.3) is 0 Å². The lowest BCUT2D eigenvalue weighted by molar-refractivity contribution is -0.139. The average Bonchev–Trinajstić information content (AvgIpc) is 2.72. The first-order valence-corrected chi connectivity index (χ1v) is 7.84. The highest BCUT2D eigenvalue weighted by molar-refractivity contribution is 7.81. The minimum absolute atomic E-state index is 0.0510. The molecule has 0 aromatic carbocycles. The van der Waals surface area contributed by atoms with Crippen molar-refractivity contribution in [1.29, 1.82) is 5.26 Å². The summed E-state index contributed by atoms with van der Waals surface area (Å²) in [5.41, 5.74) is -0.858. The topological polar surface area (TPSA) is 84.6 Å². The molecule has 23 heavy (non-hydrogen) atoms. The van der Waals surface area contributed by atoms with Gasteiger partial charge in [-0.1, -0.05) is 0 Å². The van der Waals surface area contributed by atoms with Crippen LogP contribution in [0.3, 0.4) is 0 Å². The van der Waals surface area contributed by atoms with Crippen LogP contribution in [0.4, 0.5) is 9.18 Å². The number of amides is 2. The van der Waals surface area contributed by atoms with Crippen LogP contribution in [-0.4, -0.2) is 62.0 Å². The van der Waals surface area contributed by atoms with Crippen molar-refractivity contribution in [2.75, 3.05) is 6.54 Å². The molecule has 0 radical (unpaired) electrons. The van der Waals surface area contributed by atoms with E-state index in [2.05, 4.69) is 12.6 Å². The first kappa shape index (κ1) is 19.6. The van der Waals surface area contributed by atoms with Gasteiger partial charge < -0.3 is 10.0 Å². The largest absolute Gasteiger partial charge is 0.465 e. The number of carbonyl (C=O) groups is 2. The van der Waals surface area contributed by atoms with Crippen LogP contribution in [0.15, 0.2) is 0 Å². The fourth-order valence-corrected chi connectivity index (χ4v) is 3.05. The van der Waals surface area contributed by atoms with Crippen molar-refractivity contribution in [3.8, 4) is 6.07 Å². The quantitative estimate of drug-likeness (QED) is 0.769. The van der Waals surface area contributed by atoms with Gasteiger partial charge in [-0.05, 0) is 34.6 Å². The minimum atomic E-state index is -1.28. The summed E-state index contributed by atoms with van der Waals surface area (Å²) in [6.07, 6.45) is -2.59. The monoisotopic (exact) mass is 345 g/mol. The van der Waals surface area contributed by atoms with Gasteiger partial charge >= 0.3 is 6.09 Å². The van der Waals surface area contributed by atoms with Crippen molar-refractivity contribution in [2.24, 2.45) is 0 Å². The zero-order valence-corrected chi connectivity index (χ0v) is 15.0. The van der Waals surface area contributed by atoms with Gasteiger partial charge in [-0.2, -0.15) is 17.9 Å². The van der Waals surface area contributed by atoms with Crippen LogP contribution >= 0.6 is 12.6 Å². The van der Waals surface area contributed by atoms with Crippen molar-refractivity contribution in [3.05, 3.63) is 0 Å². The van der Waals surface area contributed by atoms with Crippen LogP contribution in [0, 0.1) is 11.3 Å². The Kier molecular flexibility index (Phi) is 5.57. The number of likely N-dealkylation sites (tertiary alicyclic amines) is 1. The molecule has 130 valence electrons. The second kappa shape index (κ2) is 6.56. The van der Waals surface area contributed by atoms with E-state index in [1.807, 2.05) is 6.07 Å². The van der Waals surface area contributed by atoms with Gasteiger partial charge in [0.2, 0.25) is 5.91 Å². The van der Waals surface area contributed by atoms with E-state index in [9.17, 15) is 19.1 Å². The summed E-state index contributed by atoms with van der Waals surface area (Å²) in [4.78, 5) is 26.9. The molecule has 1 rings (SSSR count). The molecule has 1 aliphatic heterocycles. The van der Waals surface area contributed by atoms with Gasteiger partial charge in [0.15, 0.2) is 0 Å². The highest BCUT2D eigenvalue weighted by atomic mass is 32.1. The molecular formula is C15H24FN3O3S. The van der Waals surface area contributed by atoms with Crippen molar-refractivity contribution >= 4 is 24.6 Å². The molecular weight excluding hydrogens is 321 g/mol. The second-order valence-electron chi connectivity index (χ2n) is 7.35. The second-order valence-corrected chi connectivity index (χ2v) is 8.50. The zero-order valence-electron chi connectivity index (χ0n) is 14.1. The first-order chi connectivity index (χ1) is 10.3. The molecule has 1 aliphatic rings. The molecule has 6 nitrogen and oxygen atoms in total. The van der Waals surface area contributed by atoms with Crippen LogP contribution in [-0.2, 0) is 4.79 Å². The Bertz CT molecular complexity index is 522. The molecule has 0 aromatic heterocycles. The van der Waals surface area contributed by atoms with E-state index in [0.29, 0.717) is 0 Å². The number of nitriles is 1. The summed E-state index contributed by atoms with van der Waals surface area (Å²) < 4.78 is 12.6. The molecule has 3 atom stereocenters. The summed E-state index contributed by atoms with van der Waals surface area (Å²) in [6.45, 7) is 8.07. The molecule has 8 heteroatoms. The van der Waals surface area contributed by atoms with Crippen LogP contribution < -0.4 is 0 Å². The third-order valence-corrected chi connectivity index (χ3v) is 4.02. The van der Waals surface area contributed by atoms with Gasteiger partial charge in [0, 0.05) is 16.7 Å². The van der Waals surface area contributed by atoms with Crippen LogP contribution in [0.1, 0.15) is 41.0 Å². The molecule has 2 amide bonds. The van der Waals surface area contributed by atoms with Gasteiger partial charge in [0.1, 0.15) is 18.3 Å². The Balaban J connectivity index is 3.30. The third kappa shape index (κ3) is 4.28. The number of carbonyl (C=O) groups excluding carboxylic acids is 1. The predicted molar refractivity (Wildman–Crippen MR) is 87.1 cm³/mol. The summed E-state index contributed by atoms with van der Waals surface area (Å²) in [7, 11) is 0. The molecule has 0 spiro atoms. The number of alkyl halides is 1. The maximum absolute atomic E-state index is 13.6. The van der Waals surface area contributed by atoms with Gasteiger partial charge in [-0.15, -0.1) is 0 Å². The number of hydrogen-bond donors (Lipinski definition) is 2. The van der Waals surface area contributed by atoms with E-state index in [4.69, 9.17) is 5.26 Å². The lowest BCUT2D eigenvalue weighted by Gasteiger charge is -2.45. The molecule has 0 bridgehead atoms. The van der Waals surface area contributed by atoms with E-state index in [-0.39, 0.29) is 13.0 Å². The number of hydrogen-bond acceptors (Lipinski definition) is 4. The molecule has 1 saturated heterocycles. The van der Waals surface area contributed by atoms with E-state index < -0.39 is 40.5 Å². The third-order valence-electron chi connectivity index (χ3n) is 3.77. The molecule has 0 aliphatic carbocycles. The Morgan fingerprint density at radius 3 is 2.26 bits per heavy atom. The maximum atomic E-state index is 13.6. The van der Waals surface area contributed by atoms with Crippen molar-refractivity contribution in [2.45, 2.75) is 69.6 Å². The Hall–Kier alpha value is -1.49. The Morgan fingerprint density at radius 2 is 1.91 bits per heavy atom. The molecule has 1 N–H and O–H groups in total. The molecule has 0 saturated carbocycles. The van der Waals surface area contributed by atoms with Crippen LogP contribution in [0.2, 0.25) is 0 Å². The van der Waals surface area contributed by atoms with Gasteiger partial charge in [0.05, 0.1) is 12.6 Å². The summed E-state index contributed by atoms with van der Waals surface area (Å²) >= 11 is 4.40. The highest BCUT2D eigenvalue weighted by Crippen LogP contribution is 2.32. The predicted octanol–water partition coefficient (Wildman–Crippen LogP) is 2.30. The summed E-state index contributed by atoms with van der Waals surface area (Å²) in [5.74, 6) is -0.589. The van der Waals surface area contributed by atoms with Gasteiger partial charge in [-0.3, -0.25) is 9.69 Å². The molecule has 0 unspecified atom stereocenters. The fourth-order valence-electron chi connectivity index (χ4n) is 2.82. The molecule has 1 fully saturated rings. The summed E-state index contributed by atoms with van der Waals surface area (Å²) in [5, 5.41) is 18.7. The van der Waals surface area contributed by atoms with E-state index >= 15 is 0 Å². The summed E-state index contributed by atoms with van der Waals surface area (Å²) in [6, 6.07) is -0.105. The lowest BCUT2D eigenvalue weighted by Crippen LogP contribution is -2.63. The number of carboxylic acid groups (broad SMARTS) is 1. The van der Waals surface area contributed by atoms with Gasteiger partial charge in [-0.25, -0.2) is 9.18 Å². The highest BCUT2D eigenvalue weighted by Gasteiger charge is 2.49. The molecule has 0 aromatic rings. The minimum Gasteiger partial charge on any atom is -0.465 e. The van der Waals surface area contributed by atoms with E-state index in [1.54, 1.807) is 34.6 Å². The van der Waals surface area contributed by atoms with Crippen molar-refractivity contribution in [1.82, 2.24) is 9.80 Å². The smallest absolute Gasteiger partial charge is 0.408 e. The number of halogens is 1. The maximum Gasteiger partial charge on any atom is 0.408 e. The van der Waals surface area contributed by atoms with E-state index in [0.717, 1.165) is 9.80 Å². The fraction of sp³-hybridized carbons (Fsp3) is 0.800. The Morgan fingerprint density at radius 1 is 1.39 bits per heavy atom. The Labute approximate surface area is 141 Å². The SMILES string of the molecule is CC(C)(S)[C@@H](C(=O)N1C[C@@H](F)C[C@H]1C#N)N(C(=O)O)C(C)(C)C. The lowest BCUT2D eigenvalue weighted by atomic mass is 9.94. The van der Waals surface area contributed by atoms with Crippen molar-refractivity contribution in [3.63, 3.8) is 0 Å². The zero-order chi connectivity index (χ0) is 18.2. The normalized spacial score (nSPS) is 23.3. The van der Waals surface area contributed by atoms with Gasteiger partial charge in [0.25, 0.3) is 0 Å². The van der Waals surface area contributed by atoms with Crippen molar-refractivity contribution < 1.29 is 19.1 Å². The number of nitrogens with zero attached hydrogens (tertiary/aromatic N) is 3. The number of rotatable bonds is 3. The average molecular weight is 345 g/mol. The van der Waals surface area contributed by atoms with Crippen LogP contribution in [0.5, 0.6) is 0 Å². The molecule has 1 heterocycles. The first-order valence-electron chi connectivity index (χ1n) is 7.39. The number of thiol groups is 1.